The first kappa shape index (κ1) is 20.0. The van der Waals surface area contributed by atoms with Crippen LogP contribution in [0.15, 0.2) is 54.6 Å². The number of rotatable bonds is 3. The number of quaternary nitrogens is 1. The van der Waals surface area contributed by atoms with Gasteiger partial charge in [-0.25, -0.2) is 9.37 Å². The van der Waals surface area contributed by atoms with E-state index >= 15 is 0 Å². The summed E-state index contributed by atoms with van der Waals surface area (Å²) in [5.74, 6) is -2.64. The summed E-state index contributed by atoms with van der Waals surface area (Å²) in [6.45, 7) is 4.11. The second-order valence-corrected chi connectivity index (χ2v) is 6.22. The molecule has 0 radical (unpaired) electrons. The summed E-state index contributed by atoms with van der Waals surface area (Å²) >= 11 is 0. The normalized spacial score (nSPS) is 10.3. The molecule has 7 heteroatoms. The van der Waals surface area contributed by atoms with Crippen molar-refractivity contribution in [1.82, 2.24) is 4.98 Å². The van der Waals surface area contributed by atoms with Crippen LogP contribution in [-0.2, 0) is 0 Å². The van der Waals surface area contributed by atoms with Gasteiger partial charge >= 0.3 is 0 Å². The van der Waals surface area contributed by atoms with Crippen molar-refractivity contribution in [2.24, 2.45) is 0 Å². The fraction of sp³-hybridized carbons (Fsp3) is 0.150. The number of nitrogens with zero attached hydrogens (tertiary/aromatic N) is 1. The van der Waals surface area contributed by atoms with Gasteiger partial charge in [-0.2, -0.15) is 0 Å². The van der Waals surface area contributed by atoms with E-state index in [1.165, 1.54) is 30.3 Å². The monoisotopic (exact) mass is 369 g/mol. The van der Waals surface area contributed by atoms with Crippen LogP contribution in [0.4, 0.5) is 10.1 Å². The first-order valence-corrected chi connectivity index (χ1v) is 8.29. The van der Waals surface area contributed by atoms with Crippen molar-refractivity contribution in [2.45, 2.75) is 19.9 Å². The van der Waals surface area contributed by atoms with Crippen LogP contribution in [0.5, 0.6) is 0 Å². The summed E-state index contributed by atoms with van der Waals surface area (Å²) in [6, 6.07) is 14.0. The summed E-state index contributed by atoms with van der Waals surface area (Å²) < 4.78 is 12.9. The highest BCUT2D eigenvalue weighted by atomic mass is 19.1. The molecule has 1 heterocycles. The van der Waals surface area contributed by atoms with Gasteiger partial charge < -0.3 is 21.0 Å². The Hall–Kier alpha value is -3.32. The van der Waals surface area contributed by atoms with E-state index in [1.807, 2.05) is 0 Å². The van der Waals surface area contributed by atoms with Gasteiger partial charge in [-0.05, 0) is 50.2 Å². The Morgan fingerprint density at radius 2 is 1.70 bits per heavy atom. The maximum atomic E-state index is 12.9. The lowest BCUT2D eigenvalue weighted by Crippen LogP contribution is -2.57. The van der Waals surface area contributed by atoms with Gasteiger partial charge in [0.25, 0.3) is 5.91 Å². The molecule has 0 saturated carbocycles. The molecule has 3 aromatic rings. The minimum absolute atomic E-state index is 0.118. The number of carbonyl (C=O) groups excluding carboxylic acids is 2. The van der Waals surface area contributed by atoms with E-state index in [2.05, 4.69) is 29.9 Å². The Morgan fingerprint density at radius 1 is 1.11 bits per heavy atom. The van der Waals surface area contributed by atoms with Crippen LogP contribution in [0.2, 0.25) is 0 Å². The highest BCUT2D eigenvalue weighted by Crippen LogP contribution is 2.18. The number of carbonyl (C=O) groups is 2. The third kappa shape index (κ3) is 5.58. The van der Waals surface area contributed by atoms with E-state index in [1.54, 1.807) is 24.3 Å². The molecule has 0 aliphatic rings. The van der Waals surface area contributed by atoms with E-state index < -0.39 is 23.4 Å². The molecule has 3 rings (SSSR count). The van der Waals surface area contributed by atoms with Crippen molar-refractivity contribution in [1.29, 1.82) is 0 Å². The fourth-order valence-corrected chi connectivity index (χ4v) is 2.18. The maximum Gasteiger partial charge on any atom is 0.257 e. The van der Waals surface area contributed by atoms with E-state index in [-0.39, 0.29) is 5.56 Å². The van der Waals surface area contributed by atoms with E-state index in [4.69, 9.17) is 0 Å². The zero-order chi connectivity index (χ0) is 20.0. The Morgan fingerprint density at radius 3 is 2.30 bits per heavy atom. The molecule has 1 aromatic heterocycles. The number of para-hydroxylation sites is 1. The number of benzene rings is 2. The number of anilines is 1. The molecule has 140 valence electrons. The fourth-order valence-electron chi connectivity index (χ4n) is 2.18. The number of halogens is 1. The molecule has 2 aromatic carbocycles. The zero-order valence-electron chi connectivity index (χ0n) is 15.0. The lowest BCUT2D eigenvalue weighted by atomic mass is 10.1. The Bertz CT molecular complexity index is 954. The van der Waals surface area contributed by atoms with Gasteiger partial charge in [0.15, 0.2) is 0 Å². The number of hydrogen-bond acceptors (Lipinski definition) is 4. The van der Waals surface area contributed by atoms with Gasteiger partial charge in [-0.3, -0.25) is 4.79 Å². The molecule has 0 aliphatic heterocycles. The minimum atomic E-state index is -1.54. The van der Waals surface area contributed by atoms with Crippen molar-refractivity contribution in [2.75, 3.05) is 5.32 Å². The number of nitrogens with one attached hydrogen (secondary N) is 1. The molecule has 0 saturated heterocycles. The lowest BCUT2D eigenvalue weighted by molar-refractivity contribution is -0.407. The average Bonchev–Trinajstić information content (AvgIpc) is 2.62. The molecule has 0 spiro atoms. The second-order valence-electron chi connectivity index (χ2n) is 6.22. The maximum absolute atomic E-state index is 12.9. The predicted molar refractivity (Wildman–Crippen MR) is 98.5 cm³/mol. The number of carboxylic acids is 1. The molecule has 0 fully saturated rings. The number of hydrogen-bond donors (Lipinski definition) is 2. The number of carboxylic acid groups (broad SMARTS) is 1. The highest BCUT2D eigenvalue weighted by Gasteiger charge is 2.15. The SMILES string of the molecule is CC(C)[NH3+].O=C(Nc1ccc(F)cc1)c1cc2ccccc2nc1C(=O)[O-]. The Balaban J connectivity index is 0.000000596. The Labute approximate surface area is 155 Å². The molecular weight excluding hydrogens is 349 g/mol. The van der Waals surface area contributed by atoms with Crippen LogP contribution in [-0.4, -0.2) is 22.9 Å². The lowest BCUT2D eigenvalue weighted by Gasteiger charge is -2.11. The molecular formula is C20H20FN3O3. The van der Waals surface area contributed by atoms with E-state index in [9.17, 15) is 19.1 Å². The highest BCUT2D eigenvalue weighted by molar-refractivity contribution is 6.11. The summed E-state index contributed by atoms with van der Waals surface area (Å²) in [5.41, 5.74) is 3.87. The molecule has 0 atom stereocenters. The summed E-state index contributed by atoms with van der Waals surface area (Å²) in [5, 5.41) is 14.4. The third-order valence-electron chi connectivity index (χ3n) is 3.26. The number of aromatic nitrogens is 1. The number of amides is 1. The van der Waals surface area contributed by atoms with Gasteiger partial charge in [0, 0.05) is 11.1 Å². The van der Waals surface area contributed by atoms with Crippen LogP contribution >= 0.6 is 0 Å². The average molecular weight is 369 g/mol. The molecule has 0 aliphatic carbocycles. The third-order valence-corrected chi connectivity index (χ3v) is 3.26. The van der Waals surface area contributed by atoms with Crippen LogP contribution in [0, 0.1) is 5.82 Å². The van der Waals surface area contributed by atoms with E-state index in [0.717, 1.165) is 0 Å². The smallest absolute Gasteiger partial charge is 0.257 e. The summed E-state index contributed by atoms with van der Waals surface area (Å²) in [4.78, 5) is 27.6. The molecule has 4 N–H and O–H groups in total. The first-order chi connectivity index (χ1) is 12.8. The standard InChI is InChI=1S/C17H11FN2O3.C3H9N/c18-11-5-7-12(8-6-11)19-16(21)13-9-10-3-1-2-4-14(10)20-15(13)17(22)23;1-3(2)4/h1-9H,(H,19,21)(H,22,23);3H,4H2,1-2H3. The van der Waals surface area contributed by atoms with Crippen molar-refractivity contribution >= 4 is 28.5 Å². The van der Waals surface area contributed by atoms with Gasteiger partial charge in [0.05, 0.1) is 28.8 Å². The van der Waals surface area contributed by atoms with Crippen molar-refractivity contribution in [3.63, 3.8) is 0 Å². The van der Waals surface area contributed by atoms with Crippen molar-refractivity contribution in [3.8, 4) is 0 Å². The number of pyridine rings is 1. The first-order valence-electron chi connectivity index (χ1n) is 8.29. The summed E-state index contributed by atoms with van der Waals surface area (Å²) in [6.07, 6.45) is 0. The van der Waals surface area contributed by atoms with Gasteiger partial charge in [-0.1, -0.05) is 18.2 Å². The zero-order valence-corrected chi connectivity index (χ0v) is 15.0. The molecule has 6 nitrogen and oxygen atoms in total. The van der Waals surface area contributed by atoms with Crippen molar-refractivity contribution in [3.05, 3.63) is 71.7 Å². The molecule has 1 amide bonds. The van der Waals surface area contributed by atoms with Crippen LogP contribution in [0.1, 0.15) is 34.7 Å². The van der Waals surface area contributed by atoms with Crippen LogP contribution in [0.25, 0.3) is 10.9 Å². The van der Waals surface area contributed by atoms with Crippen LogP contribution < -0.4 is 16.2 Å². The number of fused-ring (bicyclic) bond motifs is 1. The van der Waals surface area contributed by atoms with Gasteiger partial charge in [0.2, 0.25) is 0 Å². The van der Waals surface area contributed by atoms with Gasteiger partial charge in [-0.15, -0.1) is 0 Å². The second kappa shape index (κ2) is 8.86. The molecule has 0 unspecified atom stereocenters. The number of aromatic carboxylic acids is 1. The molecule has 27 heavy (non-hydrogen) atoms. The van der Waals surface area contributed by atoms with Crippen molar-refractivity contribution < 1.29 is 24.8 Å². The van der Waals surface area contributed by atoms with Gasteiger partial charge in [0.1, 0.15) is 5.82 Å². The molecule has 0 bridgehead atoms. The largest absolute Gasteiger partial charge is 0.543 e. The quantitative estimate of drug-likeness (QED) is 0.731. The van der Waals surface area contributed by atoms with Crippen LogP contribution in [0.3, 0.4) is 0 Å². The minimum Gasteiger partial charge on any atom is -0.543 e. The topological polar surface area (TPSA) is 110 Å². The predicted octanol–water partition coefficient (Wildman–Crippen LogP) is 1.63. The van der Waals surface area contributed by atoms with E-state index in [0.29, 0.717) is 22.6 Å². The Kier molecular flexibility index (Phi) is 6.56. The summed E-state index contributed by atoms with van der Waals surface area (Å²) in [7, 11) is 0.